The van der Waals surface area contributed by atoms with Gasteiger partial charge in [-0.15, -0.1) is 0 Å². The molecule has 0 aliphatic carbocycles. The van der Waals surface area contributed by atoms with Crippen LogP contribution in [-0.2, 0) is 10.9 Å². The molecule has 1 aliphatic rings. The van der Waals surface area contributed by atoms with Crippen molar-refractivity contribution in [1.29, 1.82) is 0 Å². The molecule has 1 aromatic carbocycles. The minimum absolute atomic E-state index is 0.0337. The summed E-state index contributed by atoms with van der Waals surface area (Å²) in [6, 6.07) is 3.58. The van der Waals surface area contributed by atoms with Crippen LogP contribution in [0.15, 0.2) is 22.7 Å². The zero-order valence-electron chi connectivity index (χ0n) is 11.4. The fraction of sp³-hybridized carbons (Fsp3) is 0.571. The van der Waals surface area contributed by atoms with Crippen LogP contribution in [0.1, 0.15) is 32.3 Å². The molecule has 20 heavy (non-hydrogen) atoms. The minimum Gasteiger partial charge on any atom is -0.382 e. The number of anilines is 1. The van der Waals surface area contributed by atoms with E-state index in [0.29, 0.717) is 16.7 Å². The summed E-state index contributed by atoms with van der Waals surface area (Å²) in [6.07, 6.45) is -2.42. The smallest absolute Gasteiger partial charge is 0.382 e. The van der Waals surface area contributed by atoms with E-state index in [4.69, 9.17) is 4.74 Å². The van der Waals surface area contributed by atoms with Crippen molar-refractivity contribution in [3.63, 3.8) is 0 Å². The molecule has 0 radical (unpaired) electrons. The molecule has 1 atom stereocenters. The van der Waals surface area contributed by atoms with E-state index in [0.717, 1.165) is 25.0 Å². The molecule has 0 saturated carbocycles. The van der Waals surface area contributed by atoms with Gasteiger partial charge in [-0.25, -0.2) is 0 Å². The van der Waals surface area contributed by atoms with Gasteiger partial charge >= 0.3 is 6.18 Å². The number of rotatable bonds is 3. The largest absolute Gasteiger partial charge is 0.416 e. The molecule has 2 rings (SSSR count). The lowest BCUT2D eigenvalue weighted by Crippen LogP contribution is -2.25. The second-order valence-corrected chi connectivity index (χ2v) is 6.47. The van der Waals surface area contributed by atoms with Crippen LogP contribution < -0.4 is 5.32 Å². The molecular weight excluding hydrogens is 335 g/mol. The fourth-order valence-electron chi connectivity index (χ4n) is 2.28. The molecule has 1 saturated heterocycles. The molecule has 0 aromatic heterocycles. The van der Waals surface area contributed by atoms with Gasteiger partial charge in [0, 0.05) is 16.7 Å². The predicted octanol–water partition coefficient (Wildman–Crippen LogP) is 4.84. The van der Waals surface area contributed by atoms with Gasteiger partial charge in [0.15, 0.2) is 0 Å². The third-order valence-corrected chi connectivity index (χ3v) is 4.06. The molecule has 1 fully saturated rings. The average molecular weight is 352 g/mol. The van der Waals surface area contributed by atoms with Crippen molar-refractivity contribution in [2.45, 2.75) is 44.6 Å². The van der Waals surface area contributed by atoms with Crippen LogP contribution in [0.2, 0.25) is 0 Å². The van der Waals surface area contributed by atoms with Crippen molar-refractivity contribution in [3.05, 3.63) is 28.2 Å². The lowest BCUT2D eigenvalue weighted by atomic mass is 10.1. The Balaban J connectivity index is 2.03. The summed E-state index contributed by atoms with van der Waals surface area (Å²) >= 11 is 3.26. The maximum Gasteiger partial charge on any atom is 0.416 e. The van der Waals surface area contributed by atoms with Crippen LogP contribution in [0.4, 0.5) is 18.9 Å². The first kappa shape index (κ1) is 15.6. The van der Waals surface area contributed by atoms with Crippen LogP contribution in [-0.4, -0.2) is 18.2 Å². The minimum atomic E-state index is -4.33. The molecule has 2 nitrogen and oxygen atoms in total. The molecular formula is C14H17BrF3NO. The maximum absolute atomic E-state index is 12.7. The Morgan fingerprint density at radius 1 is 1.40 bits per heavy atom. The van der Waals surface area contributed by atoms with Crippen molar-refractivity contribution >= 4 is 21.6 Å². The third-order valence-electron chi connectivity index (χ3n) is 3.37. The number of ether oxygens (including phenoxy) is 1. The Bertz CT molecular complexity index is 488. The molecule has 0 spiro atoms. The van der Waals surface area contributed by atoms with Crippen molar-refractivity contribution in [3.8, 4) is 0 Å². The first-order valence-corrected chi connectivity index (χ1v) is 7.25. The standard InChI is InChI=1S/C14H17BrF3NO/c1-13(2)6-5-10(20-13)8-19-12-7-9(14(16,17)18)3-4-11(12)15/h3-4,7,10,19H,5-6,8H2,1-2H3. The maximum atomic E-state index is 12.7. The highest BCUT2D eigenvalue weighted by atomic mass is 79.9. The van der Waals surface area contributed by atoms with E-state index >= 15 is 0 Å². The van der Waals surface area contributed by atoms with Gasteiger partial charge in [0.25, 0.3) is 0 Å². The first-order chi connectivity index (χ1) is 9.17. The number of alkyl halides is 3. The number of benzene rings is 1. The van der Waals surface area contributed by atoms with Crippen molar-refractivity contribution in [2.24, 2.45) is 0 Å². The van der Waals surface area contributed by atoms with Crippen LogP contribution in [0.25, 0.3) is 0 Å². The van der Waals surface area contributed by atoms with Crippen molar-refractivity contribution in [2.75, 3.05) is 11.9 Å². The van der Waals surface area contributed by atoms with Crippen LogP contribution >= 0.6 is 15.9 Å². The van der Waals surface area contributed by atoms with Gasteiger partial charge in [-0.2, -0.15) is 13.2 Å². The van der Waals surface area contributed by atoms with Crippen LogP contribution in [0, 0.1) is 0 Å². The third kappa shape index (κ3) is 3.88. The van der Waals surface area contributed by atoms with Crippen molar-refractivity contribution in [1.82, 2.24) is 0 Å². The highest BCUT2D eigenvalue weighted by Crippen LogP contribution is 2.34. The second-order valence-electron chi connectivity index (χ2n) is 5.61. The molecule has 0 bridgehead atoms. The number of halogens is 4. The second kappa shape index (κ2) is 5.56. The number of hydrogen-bond donors (Lipinski definition) is 1. The van der Waals surface area contributed by atoms with E-state index < -0.39 is 11.7 Å². The summed E-state index contributed by atoms with van der Waals surface area (Å²) in [6.45, 7) is 4.55. The lowest BCUT2D eigenvalue weighted by molar-refractivity contribution is -0.137. The van der Waals surface area contributed by atoms with Crippen molar-refractivity contribution < 1.29 is 17.9 Å². The highest BCUT2D eigenvalue weighted by Gasteiger charge is 2.32. The Labute approximate surface area is 124 Å². The highest BCUT2D eigenvalue weighted by molar-refractivity contribution is 9.10. The molecule has 1 heterocycles. The summed E-state index contributed by atoms with van der Waals surface area (Å²) in [5.41, 5.74) is -0.360. The molecule has 1 aliphatic heterocycles. The molecule has 1 unspecified atom stereocenters. The summed E-state index contributed by atoms with van der Waals surface area (Å²) in [5.74, 6) is 0. The monoisotopic (exact) mass is 351 g/mol. The van der Waals surface area contributed by atoms with Gasteiger partial charge in [0.05, 0.1) is 17.3 Å². The SMILES string of the molecule is CC1(C)CCC(CNc2cc(C(F)(F)F)ccc2Br)O1. The summed E-state index contributed by atoms with van der Waals surface area (Å²) in [7, 11) is 0. The van der Waals surface area contributed by atoms with Gasteiger partial charge in [0.1, 0.15) is 0 Å². The predicted molar refractivity (Wildman–Crippen MR) is 75.8 cm³/mol. The summed E-state index contributed by atoms with van der Waals surface area (Å²) in [4.78, 5) is 0. The lowest BCUT2D eigenvalue weighted by Gasteiger charge is -2.20. The first-order valence-electron chi connectivity index (χ1n) is 6.46. The van der Waals surface area contributed by atoms with E-state index in [-0.39, 0.29) is 11.7 Å². The summed E-state index contributed by atoms with van der Waals surface area (Å²) < 4.78 is 44.4. The van der Waals surface area contributed by atoms with E-state index in [1.54, 1.807) is 0 Å². The van der Waals surface area contributed by atoms with E-state index in [1.807, 2.05) is 13.8 Å². The van der Waals surface area contributed by atoms with Crippen LogP contribution in [0.5, 0.6) is 0 Å². The molecule has 112 valence electrons. The Hall–Kier alpha value is -0.750. The van der Waals surface area contributed by atoms with Gasteiger partial charge in [0.2, 0.25) is 0 Å². The Morgan fingerprint density at radius 3 is 2.65 bits per heavy atom. The number of nitrogens with one attached hydrogen (secondary N) is 1. The average Bonchev–Trinajstić information content (AvgIpc) is 2.66. The van der Waals surface area contributed by atoms with Crippen LogP contribution in [0.3, 0.4) is 0 Å². The molecule has 0 amide bonds. The van der Waals surface area contributed by atoms with Gasteiger partial charge in [-0.3, -0.25) is 0 Å². The molecule has 1 N–H and O–H groups in total. The Morgan fingerprint density at radius 2 is 2.10 bits per heavy atom. The Kier molecular flexibility index (Phi) is 4.35. The topological polar surface area (TPSA) is 21.3 Å². The summed E-state index contributed by atoms with van der Waals surface area (Å²) in [5, 5.41) is 3.03. The normalized spacial score (nSPS) is 22.0. The van der Waals surface area contributed by atoms with E-state index in [2.05, 4.69) is 21.2 Å². The van der Waals surface area contributed by atoms with E-state index in [1.165, 1.54) is 6.07 Å². The number of hydrogen-bond acceptors (Lipinski definition) is 2. The molecule has 1 aromatic rings. The quantitative estimate of drug-likeness (QED) is 0.841. The van der Waals surface area contributed by atoms with Gasteiger partial charge < -0.3 is 10.1 Å². The van der Waals surface area contributed by atoms with Gasteiger partial charge in [-0.05, 0) is 60.8 Å². The fourth-order valence-corrected chi connectivity index (χ4v) is 2.67. The van der Waals surface area contributed by atoms with Gasteiger partial charge in [-0.1, -0.05) is 0 Å². The van der Waals surface area contributed by atoms with E-state index in [9.17, 15) is 13.2 Å². The molecule has 6 heteroatoms. The zero-order chi connectivity index (χ0) is 15.0. The zero-order valence-corrected chi connectivity index (χ0v) is 12.9.